The summed E-state index contributed by atoms with van der Waals surface area (Å²) in [6.07, 6.45) is 3.71. The fourth-order valence-corrected chi connectivity index (χ4v) is 0.953. The first-order valence-electron chi connectivity index (χ1n) is 3.95. The molecule has 11 heavy (non-hydrogen) atoms. The SMILES string of the molecule is CCCCC(CC)C(=O)O.[Ti]. The first kappa shape index (κ1) is 13.8. The molecule has 0 rings (SSSR count). The van der Waals surface area contributed by atoms with Crippen LogP contribution in [0.5, 0.6) is 0 Å². The number of carboxylic acid groups (broad SMARTS) is 1. The molecule has 2 nitrogen and oxygen atoms in total. The van der Waals surface area contributed by atoms with Crippen LogP contribution in [0.15, 0.2) is 0 Å². The van der Waals surface area contributed by atoms with Crippen molar-refractivity contribution < 1.29 is 31.6 Å². The number of rotatable bonds is 5. The smallest absolute Gasteiger partial charge is 0.306 e. The van der Waals surface area contributed by atoms with Gasteiger partial charge in [-0.1, -0.05) is 26.7 Å². The monoisotopic (exact) mass is 192 g/mol. The molecule has 0 saturated carbocycles. The van der Waals surface area contributed by atoms with Crippen LogP contribution in [0.4, 0.5) is 0 Å². The van der Waals surface area contributed by atoms with E-state index in [4.69, 9.17) is 5.11 Å². The third-order valence-corrected chi connectivity index (χ3v) is 1.75. The molecule has 1 unspecified atom stereocenters. The largest absolute Gasteiger partial charge is 0.481 e. The number of aliphatic carboxylic acids is 1. The maximum absolute atomic E-state index is 10.4. The molecular formula is C8H16O2Ti. The van der Waals surface area contributed by atoms with Crippen molar-refractivity contribution in [3.8, 4) is 0 Å². The van der Waals surface area contributed by atoms with Crippen molar-refractivity contribution >= 4 is 5.97 Å². The molecule has 0 saturated heterocycles. The summed E-state index contributed by atoms with van der Waals surface area (Å²) in [5.74, 6) is -0.754. The molecule has 0 radical (unpaired) electrons. The molecule has 0 bridgehead atoms. The van der Waals surface area contributed by atoms with Gasteiger partial charge in [0.2, 0.25) is 0 Å². The molecule has 0 fully saturated rings. The molecule has 1 N–H and O–H groups in total. The summed E-state index contributed by atoms with van der Waals surface area (Å²) in [5.41, 5.74) is 0. The Morgan fingerprint density at radius 3 is 2.27 bits per heavy atom. The van der Waals surface area contributed by atoms with Crippen molar-refractivity contribution in [3.05, 3.63) is 0 Å². The number of carboxylic acids is 1. The maximum Gasteiger partial charge on any atom is 0.306 e. The standard InChI is InChI=1S/C8H16O2.Ti/c1-3-5-6-7(4-2)8(9)10;/h7H,3-6H2,1-2H3,(H,9,10);. The first-order valence-corrected chi connectivity index (χ1v) is 3.95. The molecule has 0 aromatic heterocycles. The van der Waals surface area contributed by atoms with Gasteiger partial charge in [0.1, 0.15) is 0 Å². The van der Waals surface area contributed by atoms with E-state index in [1.807, 2.05) is 6.92 Å². The van der Waals surface area contributed by atoms with Crippen LogP contribution in [-0.4, -0.2) is 11.1 Å². The minimum absolute atomic E-state index is 0. The normalized spacial score (nSPS) is 11.8. The minimum atomic E-state index is -0.643. The molecule has 3 heteroatoms. The number of carbonyl (C=O) groups is 1. The van der Waals surface area contributed by atoms with Crippen molar-refractivity contribution in [3.63, 3.8) is 0 Å². The molecule has 0 spiro atoms. The second-order valence-electron chi connectivity index (χ2n) is 2.59. The Morgan fingerprint density at radius 1 is 1.45 bits per heavy atom. The van der Waals surface area contributed by atoms with Crippen LogP contribution in [0.3, 0.4) is 0 Å². The Morgan fingerprint density at radius 2 is 2.00 bits per heavy atom. The summed E-state index contributed by atoms with van der Waals surface area (Å²) >= 11 is 0. The van der Waals surface area contributed by atoms with Crippen LogP contribution < -0.4 is 0 Å². The van der Waals surface area contributed by atoms with E-state index in [0.29, 0.717) is 0 Å². The molecule has 0 heterocycles. The van der Waals surface area contributed by atoms with E-state index in [0.717, 1.165) is 25.7 Å². The summed E-state index contributed by atoms with van der Waals surface area (Å²) in [4.78, 5) is 10.4. The zero-order valence-corrected chi connectivity index (χ0v) is 8.82. The van der Waals surface area contributed by atoms with Gasteiger partial charge in [0.15, 0.2) is 0 Å². The number of hydrogen-bond acceptors (Lipinski definition) is 1. The molecule has 0 amide bonds. The number of unbranched alkanes of at least 4 members (excludes halogenated alkanes) is 1. The van der Waals surface area contributed by atoms with Crippen LogP contribution >= 0.6 is 0 Å². The Bertz CT molecular complexity index is 104. The number of hydrogen-bond donors (Lipinski definition) is 1. The molecule has 0 aliphatic rings. The van der Waals surface area contributed by atoms with Crippen LogP contribution in [0.2, 0.25) is 0 Å². The van der Waals surface area contributed by atoms with Gasteiger partial charge in [-0.05, 0) is 12.8 Å². The van der Waals surface area contributed by atoms with Crippen LogP contribution in [0.25, 0.3) is 0 Å². The van der Waals surface area contributed by atoms with Gasteiger partial charge < -0.3 is 5.11 Å². The second-order valence-corrected chi connectivity index (χ2v) is 2.59. The minimum Gasteiger partial charge on any atom is -0.481 e. The molecule has 64 valence electrons. The summed E-state index contributed by atoms with van der Waals surface area (Å²) in [5, 5.41) is 8.60. The Kier molecular flexibility index (Phi) is 10.4. The Hall–Kier alpha value is 0.184. The molecule has 0 aliphatic heterocycles. The Labute approximate surface area is 83.3 Å². The van der Waals surface area contributed by atoms with E-state index in [1.165, 1.54) is 0 Å². The summed E-state index contributed by atoms with van der Waals surface area (Å²) in [6, 6.07) is 0. The summed E-state index contributed by atoms with van der Waals surface area (Å²) in [7, 11) is 0. The third-order valence-electron chi connectivity index (χ3n) is 1.75. The van der Waals surface area contributed by atoms with Gasteiger partial charge >= 0.3 is 5.97 Å². The van der Waals surface area contributed by atoms with Gasteiger partial charge in [-0.3, -0.25) is 4.79 Å². The van der Waals surface area contributed by atoms with Gasteiger partial charge in [0.05, 0.1) is 5.92 Å². The Balaban J connectivity index is 0. The average Bonchev–Trinajstić information content (AvgIpc) is 1.89. The van der Waals surface area contributed by atoms with Gasteiger partial charge in [0.25, 0.3) is 0 Å². The van der Waals surface area contributed by atoms with Crippen molar-refractivity contribution in [2.75, 3.05) is 0 Å². The van der Waals surface area contributed by atoms with E-state index in [1.54, 1.807) is 0 Å². The van der Waals surface area contributed by atoms with E-state index < -0.39 is 5.97 Å². The fraction of sp³-hybridized carbons (Fsp3) is 0.875. The predicted molar refractivity (Wildman–Crippen MR) is 40.9 cm³/mol. The van der Waals surface area contributed by atoms with Gasteiger partial charge in [-0.15, -0.1) is 0 Å². The van der Waals surface area contributed by atoms with Crippen LogP contribution in [-0.2, 0) is 26.5 Å². The maximum atomic E-state index is 10.4. The van der Waals surface area contributed by atoms with Crippen molar-refractivity contribution in [1.82, 2.24) is 0 Å². The van der Waals surface area contributed by atoms with Gasteiger partial charge in [-0.2, -0.15) is 0 Å². The zero-order chi connectivity index (χ0) is 7.98. The molecule has 0 aliphatic carbocycles. The topological polar surface area (TPSA) is 37.3 Å². The second kappa shape index (κ2) is 8.28. The van der Waals surface area contributed by atoms with E-state index in [-0.39, 0.29) is 27.6 Å². The predicted octanol–water partition coefficient (Wildman–Crippen LogP) is 2.28. The van der Waals surface area contributed by atoms with Gasteiger partial charge in [0, 0.05) is 21.7 Å². The van der Waals surface area contributed by atoms with Crippen molar-refractivity contribution in [2.24, 2.45) is 5.92 Å². The quantitative estimate of drug-likeness (QED) is 0.678. The van der Waals surface area contributed by atoms with E-state index in [9.17, 15) is 4.79 Å². The fourth-order valence-electron chi connectivity index (χ4n) is 0.953. The molecule has 0 aromatic rings. The van der Waals surface area contributed by atoms with Crippen LogP contribution in [0.1, 0.15) is 39.5 Å². The molecular weight excluding hydrogens is 176 g/mol. The van der Waals surface area contributed by atoms with Crippen molar-refractivity contribution in [2.45, 2.75) is 39.5 Å². The van der Waals surface area contributed by atoms with Gasteiger partial charge in [-0.25, -0.2) is 0 Å². The summed E-state index contributed by atoms with van der Waals surface area (Å²) in [6.45, 7) is 4.00. The third kappa shape index (κ3) is 6.58. The first-order chi connectivity index (χ1) is 4.72. The average molecular weight is 192 g/mol. The van der Waals surface area contributed by atoms with E-state index in [2.05, 4.69) is 6.92 Å². The van der Waals surface area contributed by atoms with Crippen molar-refractivity contribution in [1.29, 1.82) is 0 Å². The zero-order valence-electron chi connectivity index (χ0n) is 7.26. The summed E-state index contributed by atoms with van der Waals surface area (Å²) < 4.78 is 0. The molecule has 1 atom stereocenters. The van der Waals surface area contributed by atoms with E-state index >= 15 is 0 Å². The molecule has 0 aromatic carbocycles. The van der Waals surface area contributed by atoms with Crippen LogP contribution in [0, 0.1) is 5.92 Å².